The zero-order chi connectivity index (χ0) is 13.9. The van der Waals surface area contributed by atoms with Gasteiger partial charge in [-0.2, -0.15) is 0 Å². The maximum absolute atomic E-state index is 5.86. The number of aromatic nitrogens is 1. The van der Waals surface area contributed by atoms with E-state index in [4.69, 9.17) is 9.25 Å². The Morgan fingerprint density at radius 1 is 1.33 bits per heavy atom. The van der Waals surface area contributed by atoms with Gasteiger partial charge in [-0.25, -0.2) is 4.98 Å². The monoisotopic (exact) mass is 284 g/mol. The zero-order valence-electron chi connectivity index (χ0n) is 11.6. The highest BCUT2D eigenvalue weighted by Crippen LogP contribution is 2.38. The number of amidine groups is 1. The largest absolute Gasteiger partial charge is 0.446 e. The van der Waals surface area contributed by atoms with Gasteiger partial charge in [0.25, 0.3) is 0 Å². The predicted molar refractivity (Wildman–Crippen MR) is 76.7 cm³/mol. The molecule has 0 radical (unpaired) electrons. The first kappa shape index (κ1) is 11.6. The van der Waals surface area contributed by atoms with Crippen LogP contribution in [-0.4, -0.2) is 41.1 Å². The maximum Gasteiger partial charge on any atom is 0.225 e. The first-order valence-electron chi connectivity index (χ1n) is 7.43. The second-order valence-electron chi connectivity index (χ2n) is 6.14. The molecule has 2 aromatic rings. The van der Waals surface area contributed by atoms with Crippen molar-refractivity contribution in [1.29, 1.82) is 0 Å². The van der Waals surface area contributed by atoms with Gasteiger partial charge in [0.15, 0.2) is 5.84 Å². The molecule has 3 fully saturated rings. The van der Waals surface area contributed by atoms with Gasteiger partial charge >= 0.3 is 0 Å². The Balaban J connectivity index is 1.46. The van der Waals surface area contributed by atoms with E-state index in [1.165, 1.54) is 25.9 Å². The van der Waals surface area contributed by atoms with Gasteiger partial charge in [0, 0.05) is 23.1 Å². The van der Waals surface area contributed by atoms with Crippen LogP contribution in [0.15, 0.2) is 34.2 Å². The summed E-state index contributed by atoms with van der Waals surface area (Å²) in [6, 6.07) is 3.94. The third kappa shape index (κ3) is 1.62. The number of furan rings is 1. The highest BCUT2D eigenvalue weighted by atomic mass is 16.7. The molecule has 2 bridgehead atoms. The molecular weight excluding hydrogens is 268 g/mol. The zero-order valence-corrected chi connectivity index (χ0v) is 11.6. The van der Waals surface area contributed by atoms with Crippen molar-refractivity contribution in [2.75, 3.05) is 19.6 Å². The number of nitrogens with zero attached hydrogens (tertiary/aromatic N) is 3. The number of nitrogens with one attached hydrogen (secondary N) is 1. The van der Waals surface area contributed by atoms with Crippen LogP contribution in [-0.2, 0) is 4.84 Å². The summed E-state index contributed by atoms with van der Waals surface area (Å²) in [5, 5.41) is 8.81. The van der Waals surface area contributed by atoms with E-state index in [9.17, 15) is 0 Å². The van der Waals surface area contributed by atoms with Gasteiger partial charge in [0.2, 0.25) is 11.4 Å². The van der Waals surface area contributed by atoms with Crippen LogP contribution in [0.1, 0.15) is 18.4 Å². The molecule has 6 nitrogen and oxygen atoms in total. The van der Waals surface area contributed by atoms with Crippen LogP contribution in [0.5, 0.6) is 0 Å². The molecule has 4 aliphatic rings. The van der Waals surface area contributed by atoms with Gasteiger partial charge in [-0.15, -0.1) is 0 Å². The minimum absolute atomic E-state index is 0.336. The van der Waals surface area contributed by atoms with E-state index in [1.54, 1.807) is 12.5 Å². The molecule has 108 valence electrons. The van der Waals surface area contributed by atoms with E-state index in [2.05, 4.69) is 20.4 Å². The van der Waals surface area contributed by atoms with Crippen molar-refractivity contribution in [2.24, 2.45) is 11.1 Å². The molecule has 6 heteroatoms. The normalized spacial score (nSPS) is 34.0. The van der Waals surface area contributed by atoms with E-state index < -0.39 is 0 Å². The molecule has 6 rings (SSSR count). The molecular formula is C15H16N4O2. The standard InChI is InChI=1S/C15H16N4O2/c1-4-19-5-2-12(1)15(9-19)17-13(18-21-15)11-7-10-3-6-20-14(10)16-8-11/h3,6-8,12H,1-2,4-5,9H2,(H,17,18)/t15-/m0/s1. The summed E-state index contributed by atoms with van der Waals surface area (Å²) in [6.07, 6.45) is 5.78. The lowest BCUT2D eigenvalue weighted by atomic mass is 9.81. The summed E-state index contributed by atoms with van der Waals surface area (Å²) < 4.78 is 5.28. The fourth-order valence-corrected chi connectivity index (χ4v) is 3.75. The molecule has 0 aliphatic carbocycles. The molecule has 1 spiro atoms. The quantitative estimate of drug-likeness (QED) is 0.860. The number of pyridine rings is 1. The Hall–Kier alpha value is -2.08. The van der Waals surface area contributed by atoms with Gasteiger partial charge in [0.1, 0.15) is 0 Å². The lowest BCUT2D eigenvalue weighted by Crippen LogP contribution is -2.65. The Morgan fingerprint density at radius 2 is 2.24 bits per heavy atom. The van der Waals surface area contributed by atoms with Crippen LogP contribution in [0.2, 0.25) is 0 Å². The molecule has 6 heterocycles. The molecule has 2 aromatic heterocycles. The van der Waals surface area contributed by atoms with Gasteiger partial charge in [0.05, 0.1) is 12.8 Å². The van der Waals surface area contributed by atoms with E-state index >= 15 is 0 Å². The van der Waals surface area contributed by atoms with Gasteiger partial charge in [-0.05, 0) is 38.1 Å². The van der Waals surface area contributed by atoms with Crippen molar-refractivity contribution in [3.8, 4) is 0 Å². The Bertz CT molecular complexity index is 732. The maximum atomic E-state index is 5.86. The first-order valence-corrected chi connectivity index (χ1v) is 7.43. The molecule has 0 unspecified atom stereocenters. The van der Waals surface area contributed by atoms with Crippen LogP contribution in [0, 0.1) is 5.92 Å². The summed E-state index contributed by atoms with van der Waals surface area (Å²) in [5.74, 6) is 1.31. The average molecular weight is 284 g/mol. The molecule has 1 atom stereocenters. The highest BCUT2D eigenvalue weighted by Gasteiger charge is 2.52. The third-order valence-corrected chi connectivity index (χ3v) is 4.91. The Morgan fingerprint density at radius 3 is 3.05 bits per heavy atom. The van der Waals surface area contributed by atoms with Crippen molar-refractivity contribution < 1.29 is 9.25 Å². The summed E-state index contributed by atoms with van der Waals surface area (Å²) in [4.78, 5) is 12.6. The fraction of sp³-hybridized carbons (Fsp3) is 0.467. The number of rotatable bonds is 1. The molecule has 1 N–H and O–H groups in total. The Labute approximate surface area is 121 Å². The summed E-state index contributed by atoms with van der Waals surface area (Å²) in [7, 11) is 0. The summed E-state index contributed by atoms with van der Waals surface area (Å²) in [6.45, 7) is 3.26. The van der Waals surface area contributed by atoms with Crippen LogP contribution >= 0.6 is 0 Å². The smallest absolute Gasteiger partial charge is 0.225 e. The van der Waals surface area contributed by atoms with Crippen molar-refractivity contribution in [3.05, 3.63) is 30.2 Å². The van der Waals surface area contributed by atoms with Crippen molar-refractivity contribution >= 4 is 16.9 Å². The van der Waals surface area contributed by atoms with Crippen molar-refractivity contribution in [1.82, 2.24) is 15.2 Å². The first-order chi connectivity index (χ1) is 10.3. The molecule has 21 heavy (non-hydrogen) atoms. The summed E-state index contributed by atoms with van der Waals surface area (Å²) in [5.41, 5.74) is 1.25. The van der Waals surface area contributed by atoms with Crippen LogP contribution < -0.4 is 5.32 Å². The molecule has 0 saturated carbocycles. The van der Waals surface area contributed by atoms with E-state index in [1.807, 2.05) is 12.1 Å². The predicted octanol–water partition coefficient (Wildman–Crippen LogP) is 1.53. The van der Waals surface area contributed by atoms with Gasteiger partial charge in [-0.3, -0.25) is 4.90 Å². The van der Waals surface area contributed by atoms with Crippen molar-refractivity contribution in [3.63, 3.8) is 0 Å². The van der Waals surface area contributed by atoms with Gasteiger partial charge in [-0.1, -0.05) is 5.16 Å². The van der Waals surface area contributed by atoms with E-state index in [0.29, 0.717) is 11.6 Å². The average Bonchev–Trinajstić information content (AvgIpc) is 3.15. The molecule has 0 amide bonds. The Kier molecular flexibility index (Phi) is 2.19. The fourth-order valence-electron chi connectivity index (χ4n) is 3.75. The SMILES string of the molecule is c1cc2cc(C3=NO[C@]4(CN5CCC4CC5)N3)cnc2o1. The highest BCUT2D eigenvalue weighted by molar-refractivity contribution is 6.01. The lowest BCUT2D eigenvalue weighted by molar-refractivity contribution is -0.148. The number of hydrogen-bond acceptors (Lipinski definition) is 6. The van der Waals surface area contributed by atoms with Crippen LogP contribution in [0.25, 0.3) is 11.1 Å². The lowest BCUT2D eigenvalue weighted by Gasteiger charge is -2.49. The second-order valence-corrected chi connectivity index (χ2v) is 6.14. The van der Waals surface area contributed by atoms with Crippen LogP contribution in [0.3, 0.4) is 0 Å². The number of fused-ring (bicyclic) bond motifs is 3. The molecule has 3 saturated heterocycles. The molecule has 4 aliphatic heterocycles. The number of hydrogen-bond donors (Lipinski definition) is 1. The molecule has 0 aromatic carbocycles. The number of oxime groups is 1. The minimum Gasteiger partial charge on any atom is -0.446 e. The van der Waals surface area contributed by atoms with Crippen LogP contribution in [0.4, 0.5) is 0 Å². The topological polar surface area (TPSA) is 62.9 Å². The number of piperidine rings is 3. The third-order valence-electron chi connectivity index (χ3n) is 4.91. The van der Waals surface area contributed by atoms with Crippen molar-refractivity contribution in [2.45, 2.75) is 18.6 Å². The van der Waals surface area contributed by atoms with E-state index in [0.717, 1.165) is 23.3 Å². The van der Waals surface area contributed by atoms with Gasteiger partial charge < -0.3 is 14.6 Å². The minimum atomic E-state index is -0.336. The van der Waals surface area contributed by atoms with E-state index in [-0.39, 0.29) is 5.72 Å². The summed E-state index contributed by atoms with van der Waals surface area (Å²) >= 11 is 0. The second kappa shape index (κ2) is 3.98.